The lowest BCUT2D eigenvalue weighted by molar-refractivity contribution is -0.188. The summed E-state index contributed by atoms with van der Waals surface area (Å²) in [5.41, 5.74) is 0. The van der Waals surface area contributed by atoms with E-state index < -0.39 is 12.1 Å². The normalized spacial score (nSPS) is 35.0. The topological polar surface area (TPSA) is 15.3 Å². The van der Waals surface area contributed by atoms with Crippen molar-refractivity contribution in [1.29, 1.82) is 0 Å². The van der Waals surface area contributed by atoms with Gasteiger partial charge in [-0.2, -0.15) is 13.2 Å². The Morgan fingerprint density at radius 1 is 1.22 bits per heavy atom. The molecule has 0 spiro atoms. The fourth-order valence-corrected chi connectivity index (χ4v) is 3.37. The molecular formula is C13H23F3N2. The molecule has 1 saturated heterocycles. The predicted octanol–water partition coefficient (Wildman–Crippen LogP) is 2.79. The molecule has 2 aliphatic rings. The van der Waals surface area contributed by atoms with E-state index in [1.165, 1.54) is 0 Å². The van der Waals surface area contributed by atoms with Crippen LogP contribution in [0.15, 0.2) is 0 Å². The number of rotatable bonds is 3. The molecule has 1 aliphatic carbocycles. The summed E-state index contributed by atoms with van der Waals surface area (Å²) in [5.74, 6) is -1.11. The molecule has 0 aromatic heterocycles. The molecule has 3 atom stereocenters. The van der Waals surface area contributed by atoms with Gasteiger partial charge in [0.25, 0.3) is 0 Å². The van der Waals surface area contributed by atoms with Gasteiger partial charge < -0.3 is 5.32 Å². The molecule has 18 heavy (non-hydrogen) atoms. The highest BCUT2D eigenvalue weighted by Crippen LogP contribution is 2.35. The van der Waals surface area contributed by atoms with Crippen molar-refractivity contribution in [2.45, 2.75) is 57.3 Å². The Morgan fingerprint density at radius 3 is 2.67 bits per heavy atom. The molecule has 0 radical (unpaired) electrons. The number of likely N-dealkylation sites (tertiary alicyclic amines) is 1. The van der Waals surface area contributed by atoms with E-state index in [9.17, 15) is 13.2 Å². The van der Waals surface area contributed by atoms with Crippen molar-refractivity contribution in [2.24, 2.45) is 5.92 Å². The third kappa shape index (κ3) is 3.38. The van der Waals surface area contributed by atoms with E-state index in [1.807, 2.05) is 0 Å². The molecule has 1 heterocycles. The maximum Gasteiger partial charge on any atom is 0.393 e. The Labute approximate surface area is 107 Å². The minimum absolute atomic E-state index is 0.215. The maximum atomic E-state index is 12.8. The molecule has 2 fully saturated rings. The highest BCUT2D eigenvalue weighted by Gasteiger charge is 2.43. The summed E-state index contributed by atoms with van der Waals surface area (Å²) >= 11 is 0. The van der Waals surface area contributed by atoms with Gasteiger partial charge in [-0.05, 0) is 45.2 Å². The number of hydrogen-bond donors (Lipinski definition) is 1. The van der Waals surface area contributed by atoms with Crippen LogP contribution in [0.1, 0.15) is 39.0 Å². The number of piperidine rings is 1. The first kappa shape index (κ1) is 14.1. The summed E-state index contributed by atoms with van der Waals surface area (Å²) in [6, 6.07) is 0.866. The lowest BCUT2D eigenvalue weighted by Gasteiger charge is -2.37. The van der Waals surface area contributed by atoms with Gasteiger partial charge in [0, 0.05) is 18.6 Å². The first-order chi connectivity index (χ1) is 8.50. The van der Waals surface area contributed by atoms with Gasteiger partial charge in [0.15, 0.2) is 0 Å². The first-order valence-corrected chi connectivity index (χ1v) is 7.05. The van der Waals surface area contributed by atoms with E-state index in [0.717, 1.165) is 32.4 Å². The molecule has 3 unspecified atom stereocenters. The lowest BCUT2D eigenvalue weighted by atomic mass is 9.96. The van der Waals surface area contributed by atoms with Crippen LogP contribution < -0.4 is 5.32 Å². The predicted molar refractivity (Wildman–Crippen MR) is 65.5 cm³/mol. The fraction of sp³-hybridized carbons (Fsp3) is 1.00. The molecule has 0 amide bonds. The van der Waals surface area contributed by atoms with Crippen molar-refractivity contribution in [3.8, 4) is 0 Å². The van der Waals surface area contributed by atoms with Crippen LogP contribution >= 0.6 is 0 Å². The van der Waals surface area contributed by atoms with Crippen LogP contribution in [0.2, 0.25) is 0 Å². The van der Waals surface area contributed by atoms with Crippen LogP contribution in [-0.4, -0.2) is 42.8 Å². The van der Waals surface area contributed by atoms with Gasteiger partial charge in [0.05, 0.1) is 5.92 Å². The van der Waals surface area contributed by atoms with Crippen molar-refractivity contribution in [1.82, 2.24) is 10.2 Å². The van der Waals surface area contributed by atoms with Crippen LogP contribution in [0.4, 0.5) is 13.2 Å². The SMILES string of the molecule is CCNC1CCC(N2CCCC(C(F)(F)F)C2)C1. The Kier molecular flexibility index (Phi) is 4.54. The van der Waals surface area contributed by atoms with Gasteiger partial charge in [-0.15, -0.1) is 0 Å². The molecule has 0 aromatic carbocycles. The maximum absolute atomic E-state index is 12.8. The molecule has 1 aliphatic heterocycles. The minimum Gasteiger partial charge on any atom is -0.314 e. The molecule has 5 heteroatoms. The minimum atomic E-state index is -4.02. The molecular weight excluding hydrogens is 241 g/mol. The number of alkyl halides is 3. The quantitative estimate of drug-likeness (QED) is 0.843. The Morgan fingerprint density at radius 2 is 2.00 bits per heavy atom. The van der Waals surface area contributed by atoms with Crippen molar-refractivity contribution in [2.75, 3.05) is 19.6 Å². The molecule has 1 N–H and O–H groups in total. The summed E-state index contributed by atoms with van der Waals surface area (Å²) in [6.45, 7) is 4.08. The number of nitrogens with one attached hydrogen (secondary N) is 1. The van der Waals surface area contributed by atoms with E-state index in [4.69, 9.17) is 0 Å². The fourth-order valence-electron chi connectivity index (χ4n) is 3.37. The van der Waals surface area contributed by atoms with Crippen molar-refractivity contribution in [3.05, 3.63) is 0 Å². The Hall–Kier alpha value is -0.290. The average Bonchev–Trinajstić information content (AvgIpc) is 2.77. The van der Waals surface area contributed by atoms with Crippen molar-refractivity contribution < 1.29 is 13.2 Å². The molecule has 0 bridgehead atoms. The molecule has 106 valence electrons. The zero-order valence-corrected chi connectivity index (χ0v) is 11.0. The number of halogens is 3. The summed E-state index contributed by atoms with van der Waals surface area (Å²) in [7, 11) is 0. The van der Waals surface area contributed by atoms with E-state index >= 15 is 0 Å². The second kappa shape index (κ2) is 5.78. The third-order valence-electron chi connectivity index (χ3n) is 4.33. The van der Waals surface area contributed by atoms with Gasteiger partial charge in [0.2, 0.25) is 0 Å². The standard InChI is InChI=1S/C13H23F3N2/c1-2-17-11-5-6-12(8-11)18-7-3-4-10(9-18)13(14,15)16/h10-12,17H,2-9H2,1H3. The molecule has 0 aromatic rings. The monoisotopic (exact) mass is 264 g/mol. The number of hydrogen-bond acceptors (Lipinski definition) is 2. The van der Waals surface area contributed by atoms with E-state index in [-0.39, 0.29) is 6.54 Å². The van der Waals surface area contributed by atoms with Gasteiger partial charge >= 0.3 is 6.18 Å². The second-order valence-electron chi connectivity index (χ2n) is 5.60. The molecule has 2 rings (SSSR count). The van der Waals surface area contributed by atoms with E-state index in [2.05, 4.69) is 17.1 Å². The van der Waals surface area contributed by atoms with Gasteiger partial charge in [-0.3, -0.25) is 4.90 Å². The molecule has 2 nitrogen and oxygen atoms in total. The summed E-state index contributed by atoms with van der Waals surface area (Å²) < 4.78 is 38.3. The Bertz CT molecular complexity index is 267. The summed E-state index contributed by atoms with van der Waals surface area (Å²) in [5, 5.41) is 3.41. The molecule has 1 saturated carbocycles. The van der Waals surface area contributed by atoms with Crippen LogP contribution in [-0.2, 0) is 0 Å². The van der Waals surface area contributed by atoms with Crippen LogP contribution in [0, 0.1) is 5.92 Å². The Balaban J connectivity index is 1.86. The van der Waals surface area contributed by atoms with Gasteiger partial charge in [-0.1, -0.05) is 6.92 Å². The van der Waals surface area contributed by atoms with Crippen LogP contribution in [0.25, 0.3) is 0 Å². The van der Waals surface area contributed by atoms with Crippen molar-refractivity contribution >= 4 is 0 Å². The summed E-state index contributed by atoms with van der Waals surface area (Å²) in [6.07, 6.45) is 0.139. The number of nitrogens with zero attached hydrogens (tertiary/aromatic N) is 1. The van der Waals surface area contributed by atoms with E-state index in [0.29, 0.717) is 24.9 Å². The van der Waals surface area contributed by atoms with E-state index in [1.54, 1.807) is 0 Å². The third-order valence-corrected chi connectivity index (χ3v) is 4.33. The second-order valence-corrected chi connectivity index (χ2v) is 5.60. The zero-order valence-electron chi connectivity index (χ0n) is 11.0. The highest BCUT2D eigenvalue weighted by molar-refractivity contribution is 4.89. The average molecular weight is 264 g/mol. The largest absolute Gasteiger partial charge is 0.393 e. The van der Waals surface area contributed by atoms with Gasteiger partial charge in [-0.25, -0.2) is 0 Å². The van der Waals surface area contributed by atoms with Crippen LogP contribution in [0.5, 0.6) is 0 Å². The van der Waals surface area contributed by atoms with Crippen molar-refractivity contribution in [3.63, 3.8) is 0 Å². The highest BCUT2D eigenvalue weighted by atomic mass is 19.4. The zero-order chi connectivity index (χ0) is 13.2. The first-order valence-electron chi connectivity index (χ1n) is 7.05. The van der Waals surface area contributed by atoms with Gasteiger partial charge in [0.1, 0.15) is 0 Å². The lowest BCUT2D eigenvalue weighted by Crippen LogP contribution is -2.46. The summed E-state index contributed by atoms with van der Waals surface area (Å²) in [4.78, 5) is 2.08. The smallest absolute Gasteiger partial charge is 0.314 e. The van der Waals surface area contributed by atoms with Crippen LogP contribution in [0.3, 0.4) is 0 Å².